The molecule has 1 heterocycles. The van der Waals surface area contributed by atoms with E-state index in [0.717, 1.165) is 5.56 Å². The molecule has 66 valence electrons. The molecule has 1 aliphatic carbocycles. The van der Waals surface area contributed by atoms with Crippen LogP contribution in [0.2, 0.25) is 0 Å². The average Bonchev–Trinajstić information content (AvgIpc) is 2.77. The van der Waals surface area contributed by atoms with E-state index >= 15 is 0 Å². The van der Waals surface area contributed by atoms with E-state index in [0.29, 0.717) is 5.92 Å². The van der Waals surface area contributed by atoms with Gasteiger partial charge < -0.3 is 10.2 Å². The van der Waals surface area contributed by atoms with Gasteiger partial charge in [0, 0.05) is 11.6 Å². The van der Waals surface area contributed by atoms with Crippen LogP contribution >= 0.6 is 0 Å². The van der Waals surface area contributed by atoms with Gasteiger partial charge in [-0.2, -0.15) is 0 Å². The molecule has 0 unspecified atom stereocenters. The van der Waals surface area contributed by atoms with Crippen LogP contribution in [-0.2, 0) is 0 Å². The van der Waals surface area contributed by atoms with E-state index in [1.54, 1.807) is 12.5 Å². The Morgan fingerprint density at radius 2 is 2.17 bits per heavy atom. The summed E-state index contributed by atoms with van der Waals surface area (Å²) >= 11 is 0. The van der Waals surface area contributed by atoms with E-state index in [1.807, 2.05) is 6.07 Å². The van der Waals surface area contributed by atoms with Gasteiger partial charge in [0.2, 0.25) is 0 Å². The Morgan fingerprint density at radius 1 is 1.42 bits per heavy atom. The molecule has 12 heavy (non-hydrogen) atoms. The Labute approximate surface area is 72.7 Å². The Balaban J connectivity index is 2.04. The SMILES string of the molecule is N[C@@H](c1ccoc1)C1CCCC1. The van der Waals surface area contributed by atoms with Gasteiger partial charge in [0.15, 0.2) is 0 Å². The molecule has 0 aromatic carbocycles. The second-order valence-corrected chi connectivity index (χ2v) is 3.63. The Morgan fingerprint density at radius 3 is 2.75 bits per heavy atom. The van der Waals surface area contributed by atoms with E-state index in [1.165, 1.54) is 25.7 Å². The highest BCUT2D eigenvalue weighted by Crippen LogP contribution is 2.33. The fraction of sp³-hybridized carbons (Fsp3) is 0.600. The molecule has 0 aliphatic heterocycles. The molecule has 1 fully saturated rings. The minimum Gasteiger partial charge on any atom is -0.472 e. The van der Waals surface area contributed by atoms with E-state index in [2.05, 4.69) is 0 Å². The van der Waals surface area contributed by atoms with Crippen molar-refractivity contribution in [2.75, 3.05) is 0 Å². The van der Waals surface area contributed by atoms with Crippen LogP contribution < -0.4 is 5.73 Å². The van der Waals surface area contributed by atoms with Gasteiger partial charge in [0.1, 0.15) is 0 Å². The van der Waals surface area contributed by atoms with Gasteiger partial charge in [-0.3, -0.25) is 0 Å². The Kier molecular flexibility index (Phi) is 2.17. The predicted molar refractivity (Wildman–Crippen MR) is 47.6 cm³/mol. The topological polar surface area (TPSA) is 39.2 Å². The number of furan rings is 1. The van der Waals surface area contributed by atoms with Crippen molar-refractivity contribution in [3.63, 3.8) is 0 Å². The van der Waals surface area contributed by atoms with Crippen LogP contribution in [0, 0.1) is 5.92 Å². The van der Waals surface area contributed by atoms with Crippen molar-refractivity contribution in [2.45, 2.75) is 31.7 Å². The maximum Gasteiger partial charge on any atom is 0.0950 e. The summed E-state index contributed by atoms with van der Waals surface area (Å²) in [5, 5.41) is 0. The highest BCUT2D eigenvalue weighted by atomic mass is 16.3. The predicted octanol–water partition coefficient (Wildman–Crippen LogP) is 2.47. The van der Waals surface area contributed by atoms with Crippen LogP contribution in [0.15, 0.2) is 23.0 Å². The molecule has 2 nitrogen and oxygen atoms in total. The molecule has 2 rings (SSSR count). The summed E-state index contributed by atoms with van der Waals surface area (Å²) in [5.41, 5.74) is 7.24. The summed E-state index contributed by atoms with van der Waals surface area (Å²) < 4.78 is 5.02. The largest absolute Gasteiger partial charge is 0.472 e. The van der Waals surface area contributed by atoms with Crippen molar-refractivity contribution >= 4 is 0 Å². The van der Waals surface area contributed by atoms with E-state index < -0.39 is 0 Å². The summed E-state index contributed by atoms with van der Waals surface area (Å²) in [4.78, 5) is 0. The van der Waals surface area contributed by atoms with Crippen LogP contribution in [0.1, 0.15) is 37.3 Å². The number of nitrogens with two attached hydrogens (primary N) is 1. The average molecular weight is 165 g/mol. The molecule has 1 saturated carbocycles. The van der Waals surface area contributed by atoms with Crippen LogP contribution in [-0.4, -0.2) is 0 Å². The van der Waals surface area contributed by atoms with Crippen LogP contribution in [0.5, 0.6) is 0 Å². The molecule has 2 heteroatoms. The second-order valence-electron chi connectivity index (χ2n) is 3.63. The molecule has 0 saturated heterocycles. The number of hydrogen-bond donors (Lipinski definition) is 1. The molecule has 1 aliphatic rings. The van der Waals surface area contributed by atoms with Crippen molar-refractivity contribution in [2.24, 2.45) is 11.7 Å². The third kappa shape index (κ3) is 1.39. The van der Waals surface area contributed by atoms with E-state index in [9.17, 15) is 0 Å². The molecule has 0 bridgehead atoms. The molecule has 0 spiro atoms. The quantitative estimate of drug-likeness (QED) is 0.731. The molecule has 1 aromatic heterocycles. The summed E-state index contributed by atoms with van der Waals surface area (Å²) in [6, 6.07) is 2.18. The standard InChI is InChI=1S/C10H15NO/c11-10(8-3-1-2-4-8)9-5-6-12-7-9/h5-8,10H,1-4,11H2/t10-/m1/s1. The second kappa shape index (κ2) is 3.31. The summed E-state index contributed by atoms with van der Waals surface area (Å²) in [7, 11) is 0. The lowest BCUT2D eigenvalue weighted by Crippen LogP contribution is -2.18. The van der Waals surface area contributed by atoms with Gasteiger partial charge in [0.05, 0.1) is 12.5 Å². The maximum atomic E-state index is 6.08. The first kappa shape index (κ1) is 7.87. The zero-order valence-corrected chi connectivity index (χ0v) is 7.20. The lowest BCUT2D eigenvalue weighted by Gasteiger charge is -2.16. The molecule has 0 amide bonds. The lowest BCUT2D eigenvalue weighted by atomic mass is 9.94. The summed E-state index contributed by atoms with van der Waals surface area (Å²) in [6.45, 7) is 0. The monoisotopic (exact) mass is 165 g/mol. The van der Waals surface area contributed by atoms with Crippen molar-refractivity contribution in [3.05, 3.63) is 24.2 Å². The van der Waals surface area contributed by atoms with Gasteiger partial charge in [-0.25, -0.2) is 0 Å². The van der Waals surface area contributed by atoms with Crippen LogP contribution in [0.3, 0.4) is 0 Å². The first-order chi connectivity index (χ1) is 5.88. The third-order valence-corrected chi connectivity index (χ3v) is 2.84. The summed E-state index contributed by atoms with van der Waals surface area (Å²) in [5.74, 6) is 0.683. The van der Waals surface area contributed by atoms with Crippen LogP contribution in [0.25, 0.3) is 0 Å². The van der Waals surface area contributed by atoms with Gasteiger partial charge in [0.25, 0.3) is 0 Å². The maximum absolute atomic E-state index is 6.08. The normalized spacial score (nSPS) is 21.4. The lowest BCUT2D eigenvalue weighted by molar-refractivity contribution is 0.440. The first-order valence-corrected chi connectivity index (χ1v) is 4.65. The van der Waals surface area contributed by atoms with Gasteiger partial charge in [-0.1, -0.05) is 12.8 Å². The minimum absolute atomic E-state index is 0.200. The Bertz CT molecular complexity index is 224. The van der Waals surface area contributed by atoms with Gasteiger partial charge in [-0.05, 0) is 24.8 Å². The van der Waals surface area contributed by atoms with Gasteiger partial charge >= 0.3 is 0 Å². The fourth-order valence-corrected chi connectivity index (χ4v) is 2.05. The van der Waals surface area contributed by atoms with Gasteiger partial charge in [-0.15, -0.1) is 0 Å². The van der Waals surface area contributed by atoms with Crippen LogP contribution in [0.4, 0.5) is 0 Å². The molecular weight excluding hydrogens is 150 g/mol. The Hall–Kier alpha value is -0.760. The van der Waals surface area contributed by atoms with Crippen molar-refractivity contribution in [1.82, 2.24) is 0 Å². The smallest absolute Gasteiger partial charge is 0.0950 e. The van der Waals surface area contributed by atoms with E-state index in [-0.39, 0.29) is 6.04 Å². The van der Waals surface area contributed by atoms with Crippen molar-refractivity contribution < 1.29 is 4.42 Å². The highest BCUT2D eigenvalue weighted by Gasteiger charge is 2.23. The molecule has 2 N–H and O–H groups in total. The number of rotatable bonds is 2. The number of hydrogen-bond acceptors (Lipinski definition) is 2. The minimum atomic E-state index is 0.200. The first-order valence-electron chi connectivity index (χ1n) is 4.65. The van der Waals surface area contributed by atoms with E-state index in [4.69, 9.17) is 10.2 Å². The highest BCUT2D eigenvalue weighted by molar-refractivity contribution is 5.12. The molecule has 1 aromatic rings. The zero-order chi connectivity index (χ0) is 8.39. The zero-order valence-electron chi connectivity index (χ0n) is 7.20. The van der Waals surface area contributed by atoms with Crippen molar-refractivity contribution in [1.29, 1.82) is 0 Å². The van der Waals surface area contributed by atoms with Crippen molar-refractivity contribution in [3.8, 4) is 0 Å². The molecule has 0 radical (unpaired) electrons. The third-order valence-electron chi connectivity index (χ3n) is 2.84. The fourth-order valence-electron chi connectivity index (χ4n) is 2.05. The molecule has 1 atom stereocenters. The molecular formula is C10H15NO. The summed E-state index contributed by atoms with van der Waals surface area (Å²) in [6.07, 6.45) is 8.72.